The van der Waals surface area contributed by atoms with Crippen LogP contribution in [-0.2, 0) is 9.53 Å². The lowest BCUT2D eigenvalue weighted by Gasteiger charge is -2.28. The Hall–Kier alpha value is -1.70. The molecule has 0 aliphatic rings. The van der Waals surface area contributed by atoms with Crippen molar-refractivity contribution in [3.63, 3.8) is 0 Å². The number of amidine groups is 1. The fraction of sp³-hybridized carbons (Fsp3) is 0.750. The number of carbonyl (C=O) groups is 1. The van der Waals surface area contributed by atoms with Crippen molar-refractivity contribution in [3.05, 3.63) is 10.1 Å². The van der Waals surface area contributed by atoms with Gasteiger partial charge in [-0.25, -0.2) is 0 Å². The third kappa shape index (κ3) is 2.89. The molecule has 0 bridgehead atoms. The third-order valence-corrected chi connectivity index (χ3v) is 2.28. The van der Waals surface area contributed by atoms with E-state index in [1.807, 2.05) is 0 Å². The van der Waals surface area contributed by atoms with Gasteiger partial charge in [-0.15, -0.1) is 0 Å². The molecule has 0 aromatic heterocycles. The van der Waals surface area contributed by atoms with E-state index in [1.165, 1.54) is 28.0 Å². The van der Waals surface area contributed by atoms with E-state index in [4.69, 9.17) is 9.94 Å². The van der Waals surface area contributed by atoms with E-state index >= 15 is 0 Å². The second kappa shape index (κ2) is 5.40. The number of rotatable bonds is 4. The first kappa shape index (κ1) is 14.3. The van der Waals surface area contributed by atoms with E-state index in [0.29, 0.717) is 0 Å². The number of nitrogens with one attached hydrogen (secondary N) is 1. The summed E-state index contributed by atoms with van der Waals surface area (Å²) in [5, 5.41) is 24.0. The van der Waals surface area contributed by atoms with Gasteiger partial charge in [-0.2, -0.15) is 0 Å². The van der Waals surface area contributed by atoms with Gasteiger partial charge >= 0.3 is 5.84 Å². The van der Waals surface area contributed by atoms with Crippen molar-refractivity contribution in [1.29, 1.82) is 0 Å². The minimum Gasteiger partial charge on any atom is -0.377 e. The molecule has 8 heteroatoms. The standard InChI is InChI=1S/C8H15N3O5/c1-8(2,16-4)5(7(12)9-3)6(10-13)11(14)15/h5,13H,1-4H3,(H,9,12)/b10-6-. The lowest BCUT2D eigenvalue weighted by atomic mass is 9.88. The molecule has 0 aliphatic heterocycles. The predicted molar refractivity (Wildman–Crippen MR) is 54.9 cm³/mol. The average Bonchev–Trinajstić information content (AvgIpc) is 2.23. The maximum atomic E-state index is 11.5. The smallest absolute Gasteiger partial charge is 0.377 e. The highest BCUT2D eigenvalue weighted by Crippen LogP contribution is 2.22. The quantitative estimate of drug-likeness (QED) is 0.230. The third-order valence-electron chi connectivity index (χ3n) is 2.28. The van der Waals surface area contributed by atoms with Crippen LogP contribution in [-0.4, -0.2) is 41.6 Å². The normalized spacial score (nSPS) is 14.4. The number of ether oxygens (including phenoxy) is 1. The van der Waals surface area contributed by atoms with Crippen LogP contribution in [0.3, 0.4) is 0 Å². The van der Waals surface area contributed by atoms with Gasteiger partial charge in [0.25, 0.3) is 0 Å². The molecule has 0 aromatic carbocycles. The predicted octanol–water partition coefficient (Wildman–Crippen LogP) is -0.162. The van der Waals surface area contributed by atoms with E-state index in [-0.39, 0.29) is 0 Å². The molecule has 0 radical (unpaired) electrons. The summed E-state index contributed by atoms with van der Waals surface area (Å²) in [6, 6.07) is 0. The van der Waals surface area contributed by atoms with Gasteiger partial charge in [-0.3, -0.25) is 4.79 Å². The van der Waals surface area contributed by atoms with E-state index in [1.54, 1.807) is 0 Å². The van der Waals surface area contributed by atoms with Crippen LogP contribution in [0.4, 0.5) is 0 Å². The minimum atomic E-state index is -1.30. The van der Waals surface area contributed by atoms with Crippen LogP contribution in [0, 0.1) is 16.0 Å². The number of oxime groups is 1. The molecule has 2 N–H and O–H groups in total. The van der Waals surface area contributed by atoms with Gasteiger partial charge in [0.2, 0.25) is 5.91 Å². The maximum Gasteiger partial charge on any atom is 0.400 e. The second-order valence-electron chi connectivity index (χ2n) is 3.57. The summed E-state index contributed by atoms with van der Waals surface area (Å²) in [6.45, 7) is 2.98. The Morgan fingerprint density at radius 2 is 2.12 bits per heavy atom. The molecular weight excluding hydrogens is 218 g/mol. The molecule has 8 nitrogen and oxygen atoms in total. The number of nitro groups is 1. The molecule has 0 saturated carbocycles. The topological polar surface area (TPSA) is 114 Å². The summed E-state index contributed by atoms with van der Waals surface area (Å²) in [4.78, 5) is 21.3. The molecule has 1 amide bonds. The van der Waals surface area contributed by atoms with Gasteiger partial charge < -0.3 is 25.4 Å². The van der Waals surface area contributed by atoms with Crippen LogP contribution in [0.15, 0.2) is 5.16 Å². The molecule has 0 spiro atoms. The summed E-state index contributed by atoms with van der Waals surface area (Å²) in [5.41, 5.74) is -1.16. The molecule has 0 fully saturated rings. The molecule has 0 aliphatic carbocycles. The highest BCUT2D eigenvalue weighted by atomic mass is 16.6. The van der Waals surface area contributed by atoms with Gasteiger partial charge in [0.15, 0.2) is 11.1 Å². The van der Waals surface area contributed by atoms with Crippen molar-refractivity contribution in [2.75, 3.05) is 14.2 Å². The van der Waals surface area contributed by atoms with Crippen molar-refractivity contribution in [2.24, 2.45) is 11.1 Å². The zero-order chi connectivity index (χ0) is 12.9. The minimum absolute atomic E-state index is 0.656. The number of carbonyl (C=O) groups excluding carboxylic acids is 1. The molecule has 0 heterocycles. The first-order valence-corrected chi connectivity index (χ1v) is 4.44. The summed E-state index contributed by atoms with van der Waals surface area (Å²) in [7, 11) is 2.64. The first-order chi connectivity index (χ1) is 7.31. The Kier molecular flexibility index (Phi) is 4.83. The number of methoxy groups -OCH3 is 1. The maximum absolute atomic E-state index is 11.5. The van der Waals surface area contributed by atoms with Gasteiger partial charge in [-0.1, -0.05) is 0 Å². The number of hydrogen-bond donors (Lipinski definition) is 2. The molecule has 0 rings (SSSR count). The highest BCUT2D eigenvalue weighted by Gasteiger charge is 2.46. The largest absolute Gasteiger partial charge is 0.400 e. The van der Waals surface area contributed by atoms with E-state index in [2.05, 4.69) is 10.5 Å². The van der Waals surface area contributed by atoms with Gasteiger partial charge in [-0.05, 0) is 18.8 Å². The van der Waals surface area contributed by atoms with E-state index in [0.717, 1.165) is 0 Å². The lowest BCUT2D eigenvalue weighted by molar-refractivity contribution is -0.360. The Morgan fingerprint density at radius 3 is 2.38 bits per heavy atom. The fourth-order valence-corrected chi connectivity index (χ4v) is 1.21. The Bertz CT molecular complexity index is 313. The molecule has 16 heavy (non-hydrogen) atoms. The molecule has 92 valence electrons. The van der Waals surface area contributed by atoms with Gasteiger partial charge in [0.05, 0.1) is 5.60 Å². The molecule has 0 saturated heterocycles. The van der Waals surface area contributed by atoms with E-state index in [9.17, 15) is 14.9 Å². The zero-order valence-electron chi connectivity index (χ0n) is 9.55. The van der Waals surface area contributed by atoms with Crippen molar-refractivity contribution >= 4 is 11.7 Å². The average molecular weight is 233 g/mol. The second-order valence-corrected chi connectivity index (χ2v) is 3.57. The van der Waals surface area contributed by atoms with Gasteiger partial charge in [0, 0.05) is 14.2 Å². The Balaban J connectivity index is 5.42. The van der Waals surface area contributed by atoms with Crippen molar-refractivity contribution in [2.45, 2.75) is 19.4 Å². The summed E-state index contributed by atoms with van der Waals surface area (Å²) in [5.74, 6) is -2.81. The summed E-state index contributed by atoms with van der Waals surface area (Å²) < 4.78 is 5.00. The van der Waals surface area contributed by atoms with Crippen molar-refractivity contribution in [1.82, 2.24) is 5.32 Å². The van der Waals surface area contributed by atoms with Crippen LogP contribution >= 0.6 is 0 Å². The van der Waals surface area contributed by atoms with Crippen LogP contribution in [0.2, 0.25) is 0 Å². The SMILES string of the molecule is CNC(=O)C(/C(=N/O)[N+](=O)[O-])C(C)(C)OC. The number of amides is 1. The van der Waals surface area contributed by atoms with Crippen LogP contribution in [0.25, 0.3) is 0 Å². The van der Waals surface area contributed by atoms with Gasteiger partial charge in [0.1, 0.15) is 0 Å². The van der Waals surface area contributed by atoms with Crippen LogP contribution < -0.4 is 5.32 Å². The highest BCUT2D eigenvalue weighted by molar-refractivity contribution is 6.00. The molecular formula is C8H15N3O5. The number of nitrogens with zero attached hydrogens (tertiary/aromatic N) is 2. The lowest BCUT2D eigenvalue weighted by Crippen LogP contribution is -2.50. The Morgan fingerprint density at radius 1 is 1.62 bits per heavy atom. The molecule has 0 aromatic rings. The zero-order valence-corrected chi connectivity index (χ0v) is 9.55. The monoisotopic (exact) mass is 233 g/mol. The van der Waals surface area contributed by atoms with Crippen molar-refractivity contribution in [3.8, 4) is 0 Å². The first-order valence-electron chi connectivity index (χ1n) is 4.44. The van der Waals surface area contributed by atoms with Crippen LogP contribution in [0.5, 0.6) is 0 Å². The fourth-order valence-electron chi connectivity index (χ4n) is 1.21. The summed E-state index contributed by atoms with van der Waals surface area (Å²) >= 11 is 0. The molecule has 1 atom stereocenters. The summed E-state index contributed by atoms with van der Waals surface area (Å²) in [6.07, 6.45) is 0. The van der Waals surface area contributed by atoms with E-state index < -0.39 is 28.2 Å². The van der Waals surface area contributed by atoms with Crippen LogP contribution in [0.1, 0.15) is 13.8 Å². The van der Waals surface area contributed by atoms with Crippen molar-refractivity contribution < 1.29 is 19.7 Å². The number of hydrogen-bond acceptors (Lipinski definition) is 6. The molecule has 1 unspecified atom stereocenters. The Labute approximate surface area is 92.4 Å².